The lowest BCUT2D eigenvalue weighted by atomic mass is 9.79. The highest BCUT2D eigenvalue weighted by atomic mass is 32.2. The lowest BCUT2D eigenvalue weighted by molar-refractivity contribution is -0.111. The van der Waals surface area contributed by atoms with E-state index >= 15 is 0 Å². The Morgan fingerprint density at radius 3 is 2.58 bits per heavy atom. The van der Waals surface area contributed by atoms with Crippen LogP contribution in [0, 0.1) is 11.8 Å². The molecule has 1 atom stereocenters. The van der Waals surface area contributed by atoms with Crippen LogP contribution in [0.25, 0.3) is 0 Å². The maximum absolute atomic E-state index is 12.3. The minimum Gasteiger partial charge on any atom is -0.384 e. The third kappa shape index (κ3) is 3.64. The van der Waals surface area contributed by atoms with E-state index in [1.54, 1.807) is 12.1 Å². The van der Waals surface area contributed by atoms with E-state index in [4.69, 9.17) is 0 Å². The molecule has 1 N–H and O–H groups in total. The van der Waals surface area contributed by atoms with Gasteiger partial charge in [0.25, 0.3) is 10.0 Å². The summed E-state index contributed by atoms with van der Waals surface area (Å²) in [5, 5.41) is 6.86. The van der Waals surface area contributed by atoms with Gasteiger partial charge in [0.2, 0.25) is 0 Å². The van der Waals surface area contributed by atoms with Gasteiger partial charge in [0, 0.05) is 18.2 Å². The third-order valence-corrected chi connectivity index (χ3v) is 5.97. The molecule has 0 spiro atoms. The van der Waals surface area contributed by atoms with Crippen LogP contribution in [0.2, 0.25) is 0 Å². The number of rotatable bonds is 8. The maximum atomic E-state index is 12.3. The minimum atomic E-state index is -3.70. The smallest absolute Gasteiger partial charge is 0.284 e. The number of benzene rings is 1. The van der Waals surface area contributed by atoms with E-state index in [1.807, 2.05) is 0 Å². The number of carbonyl (C=O) groups is 1. The summed E-state index contributed by atoms with van der Waals surface area (Å²) in [4.78, 5) is 15.0. The van der Waals surface area contributed by atoms with E-state index in [9.17, 15) is 13.2 Å². The summed E-state index contributed by atoms with van der Waals surface area (Å²) in [7, 11) is -3.70. The molecule has 1 unspecified atom stereocenters. The number of hydrogen-bond acceptors (Lipinski definition) is 6. The van der Waals surface area contributed by atoms with Crippen LogP contribution in [0.1, 0.15) is 25.7 Å². The average molecular weight is 348 g/mol. The van der Waals surface area contributed by atoms with Crippen molar-refractivity contribution in [3.8, 4) is 0 Å². The SMILES string of the molecule is O=CC(CNc1ccc(S(=O)(=O)n2cncn2)cc1)CC1CCC1. The Morgan fingerprint density at radius 1 is 1.29 bits per heavy atom. The second kappa shape index (κ2) is 7.12. The number of nitrogens with zero attached hydrogens (tertiary/aromatic N) is 3. The Morgan fingerprint density at radius 2 is 2.04 bits per heavy atom. The van der Waals surface area contributed by atoms with Crippen molar-refractivity contribution in [2.75, 3.05) is 11.9 Å². The highest BCUT2D eigenvalue weighted by Crippen LogP contribution is 2.31. The lowest BCUT2D eigenvalue weighted by Gasteiger charge is -2.27. The first kappa shape index (κ1) is 16.6. The van der Waals surface area contributed by atoms with Crippen LogP contribution in [-0.4, -0.2) is 35.4 Å². The Balaban J connectivity index is 1.61. The third-order valence-electron chi connectivity index (χ3n) is 4.42. The van der Waals surface area contributed by atoms with Crippen molar-refractivity contribution in [3.05, 3.63) is 36.9 Å². The van der Waals surface area contributed by atoms with Crippen LogP contribution in [0.3, 0.4) is 0 Å². The first-order valence-electron chi connectivity index (χ1n) is 7.99. The van der Waals surface area contributed by atoms with Gasteiger partial charge in [-0.15, -0.1) is 9.19 Å². The number of nitrogens with one attached hydrogen (secondary N) is 1. The van der Waals surface area contributed by atoms with Gasteiger partial charge in [0.1, 0.15) is 18.9 Å². The number of aldehydes is 1. The largest absolute Gasteiger partial charge is 0.384 e. The average Bonchev–Trinajstić information content (AvgIpc) is 3.09. The van der Waals surface area contributed by atoms with Gasteiger partial charge < -0.3 is 10.1 Å². The summed E-state index contributed by atoms with van der Waals surface area (Å²) in [5.41, 5.74) is 0.785. The highest BCUT2D eigenvalue weighted by molar-refractivity contribution is 7.89. The van der Waals surface area contributed by atoms with Crippen molar-refractivity contribution in [2.45, 2.75) is 30.6 Å². The van der Waals surface area contributed by atoms with Crippen LogP contribution < -0.4 is 5.32 Å². The molecule has 1 aliphatic rings. The molecule has 0 saturated heterocycles. The first-order valence-corrected chi connectivity index (χ1v) is 9.43. The van der Waals surface area contributed by atoms with E-state index in [2.05, 4.69) is 15.4 Å². The molecule has 1 aliphatic carbocycles. The second-order valence-corrected chi connectivity index (χ2v) is 7.90. The Bertz CT molecular complexity index is 768. The zero-order chi connectivity index (χ0) is 17.0. The molecule has 2 aromatic rings. The zero-order valence-corrected chi connectivity index (χ0v) is 14.0. The standard InChI is InChI=1S/C16H20N4O3S/c21-10-14(8-13-2-1-3-13)9-18-15-4-6-16(7-5-15)24(22,23)20-12-17-11-19-20/h4-7,10-14,18H,1-3,8-9H2. The first-order chi connectivity index (χ1) is 11.6. The predicted molar refractivity (Wildman–Crippen MR) is 89.0 cm³/mol. The molecular formula is C16H20N4O3S. The molecule has 0 radical (unpaired) electrons. The molecule has 1 heterocycles. The van der Waals surface area contributed by atoms with Crippen molar-refractivity contribution in [1.82, 2.24) is 14.2 Å². The summed E-state index contributed by atoms with van der Waals surface area (Å²) in [5.74, 6) is 0.672. The fourth-order valence-corrected chi connectivity index (χ4v) is 3.81. The van der Waals surface area contributed by atoms with Gasteiger partial charge in [-0.1, -0.05) is 19.3 Å². The van der Waals surface area contributed by atoms with Gasteiger partial charge in [-0.2, -0.15) is 8.42 Å². The molecule has 0 aliphatic heterocycles. The van der Waals surface area contributed by atoms with Crippen LogP contribution in [-0.2, 0) is 14.8 Å². The van der Waals surface area contributed by atoms with Gasteiger partial charge in [-0.3, -0.25) is 0 Å². The van der Waals surface area contributed by atoms with E-state index in [-0.39, 0.29) is 10.8 Å². The van der Waals surface area contributed by atoms with E-state index < -0.39 is 10.0 Å². The van der Waals surface area contributed by atoms with Crippen molar-refractivity contribution in [3.63, 3.8) is 0 Å². The normalized spacial score (nSPS) is 16.3. The summed E-state index contributed by atoms with van der Waals surface area (Å²) in [6, 6.07) is 6.41. The molecule has 1 aromatic carbocycles. The number of carbonyl (C=O) groups excluding carboxylic acids is 1. The van der Waals surface area contributed by atoms with Crippen LogP contribution in [0.15, 0.2) is 41.8 Å². The molecule has 128 valence electrons. The van der Waals surface area contributed by atoms with Gasteiger partial charge >= 0.3 is 0 Å². The number of hydrogen-bond donors (Lipinski definition) is 1. The Hall–Kier alpha value is -2.22. The van der Waals surface area contributed by atoms with Crippen molar-refractivity contribution >= 4 is 22.0 Å². The summed E-state index contributed by atoms with van der Waals surface area (Å²) in [6.07, 6.45) is 7.97. The molecule has 1 aromatic heterocycles. The molecule has 7 nitrogen and oxygen atoms in total. The molecule has 24 heavy (non-hydrogen) atoms. The van der Waals surface area contributed by atoms with Crippen molar-refractivity contribution < 1.29 is 13.2 Å². The Labute approximate surface area is 141 Å². The second-order valence-electron chi connectivity index (χ2n) is 6.11. The van der Waals surface area contributed by atoms with Crippen LogP contribution in [0.5, 0.6) is 0 Å². The summed E-state index contributed by atoms with van der Waals surface area (Å²) < 4.78 is 25.4. The molecule has 0 amide bonds. The van der Waals surface area contributed by atoms with E-state index in [0.717, 1.165) is 28.8 Å². The van der Waals surface area contributed by atoms with Crippen LogP contribution >= 0.6 is 0 Å². The number of anilines is 1. The molecule has 0 bridgehead atoms. The molecular weight excluding hydrogens is 328 g/mol. The van der Waals surface area contributed by atoms with E-state index in [0.29, 0.717) is 12.5 Å². The quantitative estimate of drug-likeness (QED) is 0.733. The lowest BCUT2D eigenvalue weighted by Crippen LogP contribution is -2.22. The Kier molecular flexibility index (Phi) is 4.94. The van der Waals surface area contributed by atoms with E-state index in [1.165, 1.54) is 37.7 Å². The van der Waals surface area contributed by atoms with Gasteiger partial charge in [-0.05, 0) is 36.6 Å². The molecule has 8 heteroatoms. The molecule has 1 fully saturated rings. The summed E-state index contributed by atoms with van der Waals surface area (Å²) in [6.45, 7) is 0.565. The zero-order valence-electron chi connectivity index (χ0n) is 13.2. The molecule has 1 saturated carbocycles. The highest BCUT2D eigenvalue weighted by Gasteiger charge is 2.22. The number of aromatic nitrogens is 3. The van der Waals surface area contributed by atoms with Gasteiger partial charge in [0.05, 0.1) is 4.90 Å². The predicted octanol–water partition coefficient (Wildman–Crippen LogP) is 1.93. The fraction of sp³-hybridized carbons (Fsp3) is 0.438. The van der Waals surface area contributed by atoms with Crippen molar-refractivity contribution in [2.24, 2.45) is 11.8 Å². The molecule has 3 rings (SSSR count). The monoisotopic (exact) mass is 348 g/mol. The van der Waals surface area contributed by atoms with Gasteiger partial charge in [-0.25, -0.2) is 4.98 Å². The fourth-order valence-electron chi connectivity index (χ4n) is 2.77. The van der Waals surface area contributed by atoms with Crippen LogP contribution in [0.4, 0.5) is 5.69 Å². The summed E-state index contributed by atoms with van der Waals surface area (Å²) >= 11 is 0. The van der Waals surface area contributed by atoms with Gasteiger partial charge in [0.15, 0.2) is 0 Å². The maximum Gasteiger partial charge on any atom is 0.284 e. The van der Waals surface area contributed by atoms with Crippen molar-refractivity contribution in [1.29, 1.82) is 0 Å². The minimum absolute atomic E-state index is 0.00569. The topological polar surface area (TPSA) is 94.0 Å².